The zero-order chi connectivity index (χ0) is 22.7. The highest BCUT2D eigenvalue weighted by Crippen LogP contribution is 2.29. The maximum absolute atomic E-state index is 12.5. The molecule has 4 rings (SSSR count). The molecule has 8 heteroatoms. The van der Waals surface area contributed by atoms with E-state index in [1.165, 1.54) is 24.1 Å². The molecule has 1 fully saturated rings. The van der Waals surface area contributed by atoms with Crippen LogP contribution in [0.1, 0.15) is 55.3 Å². The highest BCUT2D eigenvalue weighted by molar-refractivity contribution is 9.10. The Balaban J connectivity index is 1.30. The van der Waals surface area contributed by atoms with Crippen LogP contribution in [0.4, 0.5) is 22.2 Å². The van der Waals surface area contributed by atoms with E-state index in [0.29, 0.717) is 6.04 Å². The van der Waals surface area contributed by atoms with Gasteiger partial charge in [-0.15, -0.1) is 0 Å². The molecule has 2 amide bonds. The fourth-order valence-corrected chi connectivity index (χ4v) is 5.16. The highest BCUT2D eigenvalue weighted by atomic mass is 79.9. The van der Waals surface area contributed by atoms with Crippen LogP contribution >= 0.6 is 15.9 Å². The van der Waals surface area contributed by atoms with Gasteiger partial charge in [0.1, 0.15) is 5.82 Å². The molecule has 3 N–H and O–H groups in total. The van der Waals surface area contributed by atoms with Crippen LogP contribution in [0, 0.1) is 6.92 Å². The number of carbonyl (C=O) groups is 1. The molecular weight excluding hydrogens is 468 g/mol. The van der Waals surface area contributed by atoms with Crippen LogP contribution in [-0.4, -0.2) is 42.2 Å². The molecule has 0 aliphatic heterocycles. The molecule has 7 nitrogen and oxygen atoms in total. The summed E-state index contributed by atoms with van der Waals surface area (Å²) in [5, 5.41) is 9.67. The van der Waals surface area contributed by atoms with Crippen molar-refractivity contribution >= 4 is 39.4 Å². The minimum Gasteiger partial charge on any atom is -0.362 e. The maximum atomic E-state index is 12.5. The van der Waals surface area contributed by atoms with Crippen molar-refractivity contribution < 1.29 is 4.79 Å². The van der Waals surface area contributed by atoms with Crippen molar-refractivity contribution in [3.05, 3.63) is 39.5 Å². The minimum absolute atomic E-state index is 0.138. The van der Waals surface area contributed by atoms with Crippen molar-refractivity contribution in [3.63, 3.8) is 0 Å². The number of aryl methyl sites for hydroxylation is 2. The molecule has 0 spiro atoms. The number of hydrogen-bond acceptors (Lipinski definition) is 5. The Labute approximate surface area is 198 Å². The van der Waals surface area contributed by atoms with Crippen molar-refractivity contribution in [3.8, 4) is 0 Å². The number of hydrogen-bond donors (Lipinski definition) is 3. The summed E-state index contributed by atoms with van der Waals surface area (Å²) in [5.41, 5.74) is 4.38. The number of nitrogens with one attached hydrogen (secondary N) is 3. The predicted octanol–water partition coefficient (Wildman–Crippen LogP) is 5.04. The van der Waals surface area contributed by atoms with Crippen LogP contribution in [0.2, 0.25) is 0 Å². The van der Waals surface area contributed by atoms with E-state index >= 15 is 0 Å². The Kier molecular flexibility index (Phi) is 7.18. The largest absolute Gasteiger partial charge is 0.362 e. The lowest BCUT2D eigenvalue weighted by molar-refractivity contribution is 0.243. The van der Waals surface area contributed by atoms with Gasteiger partial charge in [-0.1, -0.05) is 15.9 Å². The first-order valence-corrected chi connectivity index (χ1v) is 12.4. The molecule has 2 aliphatic carbocycles. The molecule has 1 saturated carbocycles. The van der Waals surface area contributed by atoms with Crippen LogP contribution in [0.5, 0.6) is 0 Å². The lowest BCUT2D eigenvalue weighted by Gasteiger charge is -2.30. The fourth-order valence-electron chi connectivity index (χ4n) is 4.68. The molecule has 1 aromatic carbocycles. The molecule has 0 radical (unpaired) electrons. The molecule has 0 atom stereocenters. The molecule has 0 bridgehead atoms. The first kappa shape index (κ1) is 22.8. The van der Waals surface area contributed by atoms with Crippen molar-refractivity contribution in [1.29, 1.82) is 0 Å². The van der Waals surface area contributed by atoms with Gasteiger partial charge in [-0.2, -0.15) is 4.98 Å². The average molecular weight is 501 g/mol. The quantitative estimate of drug-likeness (QED) is 0.535. The van der Waals surface area contributed by atoms with E-state index in [2.05, 4.69) is 50.9 Å². The third kappa shape index (κ3) is 5.52. The van der Waals surface area contributed by atoms with Crippen LogP contribution in [0.25, 0.3) is 0 Å². The van der Waals surface area contributed by atoms with Crippen LogP contribution in [0.3, 0.4) is 0 Å². The topological polar surface area (TPSA) is 82.2 Å². The van der Waals surface area contributed by atoms with E-state index in [1.807, 2.05) is 25.1 Å². The van der Waals surface area contributed by atoms with Gasteiger partial charge < -0.3 is 20.9 Å². The minimum atomic E-state index is -0.138. The standard InChI is InChI=1S/C24H33BrN6O/c1-15-14-16(25)8-13-20(15)29-24(32)27-18-11-9-17(10-12-18)26-23-28-21-7-5-4-6-19(21)22(30-23)31(2)3/h8,13-14,17-18H,4-7,9-12H2,1-3H3,(H,26,28,30)(H2,27,29,32)/t17-,18+. The third-order valence-corrected chi connectivity index (χ3v) is 6.91. The zero-order valence-electron chi connectivity index (χ0n) is 19.2. The first-order valence-electron chi connectivity index (χ1n) is 11.6. The van der Waals surface area contributed by atoms with Gasteiger partial charge in [0.05, 0.1) is 5.69 Å². The highest BCUT2D eigenvalue weighted by Gasteiger charge is 2.25. The number of urea groups is 1. The van der Waals surface area contributed by atoms with Crippen molar-refractivity contribution in [2.45, 2.75) is 70.4 Å². The summed E-state index contributed by atoms with van der Waals surface area (Å²) < 4.78 is 1.01. The molecule has 0 saturated heterocycles. The average Bonchev–Trinajstić information content (AvgIpc) is 2.76. The number of benzene rings is 1. The van der Waals surface area contributed by atoms with Gasteiger partial charge in [-0.25, -0.2) is 9.78 Å². The predicted molar refractivity (Wildman–Crippen MR) is 134 cm³/mol. The number of aromatic nitrogens is 2. The zero-order valence-corrected chi connectivity index (χ0v) is 20.8. The van der Waals surface area contributed by atoms with E-state index in [-0.39, 0.29) is 12.1 Å². The molecule has 0 unspecified atom stereocenters. The Bertz CT molecular complexity index is 971. The Morgan fingerprint density at radius 3 is 2.50 bits per heavy atom. The summed E-state index contributed by atoms with van der Waals surface area (Å²) in [4.78, 5) is 24.2. The lowest BCUT2D eigenvalue weighted by Crippen LogP contribution is -2.42. The molecule has 172 valence electrons. The summed E-state index contributed by atoms with van der Waals surface area (Å²) in [5.74, 6) is 1.79. The number of nitrogens with zero attached hydrogens (tertiary/aromatic N) is 3. The Morgan fingerprint density at radius 2 is 1.78 bits per heavy atom. The van der Waals surface area contributed by atoms with Crippen molar-refractivity contribution in [2.24, 2.45) is 0 Å². The number of rotatable bonds is 5. The summed E-state index contributed by atoms with van der Waals surface area (Å²) in [6.07, 6.45) is 8.38. The van der Waals surface area contributed by atoms with E-state index in [0.717, 1.165) is 66.0 Å². The molecule has 1 aromatic heterocycles. The number of carbonyl (C=O) groups excluding carboxylic acids is 1. The maximum Gasteiger partial charge on any atom is 0.319 e. The van der Waals surface area contributed by atoms with Gasteiger partial charge >= 0.3 is 6.03 Å². The van der Waals surface area contributed by atoms with Crippen molar-refractivity contribution in [1.82, 2.24) is 15.3 Å². The second kappa shape index (κ2) is 10.1. The summed E-state index contributed by atoms with van der Waals surface area (Å²) in [7, 11) is 4.11. The normalized spacial score (nSPS) is 20.2. The van der Waals surface area contributed by atoms with E-state index < -0.39 is 0 Å². The summed E-state index contributed by atoms with van der Waals surface area (Å²) >= 11 is 3.45. The second-order valence-corrected chi connectivity index (χ2v) is 10.1. The number of anilines is 3. The molecular formula is C24H33BrN6O. The molecule has 32 heavy (non-hydrogen) atoms. The van der Waals surface area contributed by atoms with Gasteiger partial charge in [0.25, 0.3) is 0 Å². The molecule has 1 heterocycles. The Hall–Kier alpha value is -2.35. The van der Waals surface area contributed by atoms with Gasteiger partial charge in [-0.3, -0.25) is 0 Å². The monoisotopic (exact) mass is 500 g/mol. The van der Waals surface area contributed by atoms with Gasteiger partial charge in [-0.05, 0) is 82.1 Å². The van der Waals surface area contributed by atoms with Crippen LogP contribution in [0.15, 0.2) is 22.7 Å². The first-order chi connectivity index (χ1) is 15.4. The van der Waals surface area contributed by atoms with E-state index in [1.54, 1.807) is 0 Å². The van der Waals surface area contributed by atoms with Crippen LogP contribution in [-0.2, 0) is 12.8 Å². The number of fused-ring (bicyclic) bond motifs is 1. The van der Waals surface area contributed by atoms with Gasteiger partial charge in [0, 0.05) is 41.9 Å². The number of amides is 2. The number of halogens is 1. The second-order valence-electron chi connectivity index (χ2n) is 9.15. The smallest absolute Gasteiger partial charge is 0.319 e. The summed E-state index contributed by atoms with van der Waals surface area (Å²) in [6.45, 7) is 1.99. The van der Waals surface area contributed by atoms with Crippen LogP contribution < -0.4 is 20.9 Å². The fraction of sp³-hybridized carbons (Fsp3) is 0.542. The van der Waals surface area contributed by atoms with Crippen molar-refractivity contribution in [2.75, 3.05) is 29.6 Å². The molecule has 2 aromatic rings. The third-order valence-electron chi connectivity index (χ3n) is 6.42. The van der Waals surface area contributed by atoms with E-state index in [9.17, 15) is 4.79 Å². The van der Waals surface area contributed by atoms with Gasteiger partial charge in [0.2, 0.25) is 5.95 Å². The molecule has 2 aliphatic rings. The van der Waals surface area contributed by atoms with Gasteiger partial charge in [0.15, 0.2) is 0 Å². The SMILES string of the molecule is Cc1cc(Br)ccc1NC(=O)N[C@H]1CC[C@@H](Nc2nc3c(c(N(C)C)n2)CCCC3)CC1. The summed E-state index contributed by atoms with van der Waals surface area (Å²) in [6, 6.07) is 6.23. The Morgan fingerprint density at radius 1 is 1.06 bits per heavy atom. The lowest BCUT2D eigenvalue weighted by atomic mass is 9.91. The van der Waals surface area contributed by atoms with E-state index in [4.69, 9.17) is 9.97 Å².